The lowest BCUT2D eigenvalue weighted by atomic mass is 10.4. The summed E-state index contributed by atoms with van der Waals surface area (Å²) in [6, 6.07) is -0.654. The van der Waals surface area contributed by atoms with Crippen molar-refractivity contribution in [3.05, 3.63) is 0 Å². The average Bonchev–Trinajstić information content (AvgIpc) is 3.23. The van der Waals surface area contributed by atoms with Crippen LogP contribution < -0.4 is 10.6 Å². The van der Waals surface area contributed by atoms with Crippen molar-refractivity contribution in [2.75, 3.05) is 52.7 Å². The lowest BCUT2D eigenvalue weighted by Gasteiger charge is -2.37. The molecule has 2 amide bonds. The Morgan fingerprint density at radius 1 is 0.293 bits per heavy atom. The number of nitrogens with one attached hydrogen (secondary N) is 2. The van der Waals surface area contributed by atoms with Crippen LogP contribution in [0.25, 0.3) is 0 Å². The molecule has 0 aromatic rings. The van der Waals surface area contributed by atoms with Crippen LogP contribution in [0.3, 0.4) is 0 Å². The van der Waals surface area contributed by atoms with Gasteiger partial charge in [0.15, 0.2) is 0 Å². The fourth-order valence-corrected chi connectivity index (χ4v) is 10.4. The molecular weight excluding hydrogens is 1280 g/mol. The predicted octanol–water partition coefficient (Wildman–Crippen LogP) is 10.4. The molecule has 0 aliphatic heterocycles. The monoisotopic (exact) mass is 1320 g/mol. The number of hydrogen-bond donors (Lipinski definition) is 2. The topological polar surface area (TPSA) is 187 Å². The Morgan fingerprint density at radius 2 is 0.488 bits per heavy atom. The summed E-state index contributed by atoms with van der Waals surface area (Å²) in [6.45, 7) is 6.15. The van der Waals surface area contributed by atoms with E-state index in [1.54, 1.807) is 4.74 Å². The first-order chi connectivity index (χ1) is 36.5. The van der Waals surface area contributed by atoms with E-state index in [9.17, 15) is 133 Å². The molecule has 18 nitrogen and oxygen atoms in total. The third-order valence-electron chi connectivity index (χ3n) is 8.31. The van der Waals surface area contributed by atoms with Gasteiger partial charge in [-0.2, -0.15) is 105 Å². The van der Waals surface area contributed by atoms with Gasteiger partial charge in [0.05, 0.1) is 0 Å². The van der Waals surface area contributed by atoms with Crippen LogP contribution in [0.4, 0.5) is 123 Å². The normalized spacial score (nSPS) is 15.1. The van der Waals surface area contributed by atoms with Crippen LogP contribution in [0, 0.1) is 0 Å². The van der Waals surface area contributed by atoms with Crippen molar-refractivity contribution in [1.82, 2.24) is 10.6 Å². The van der Waals surface area contributed by atoms with Gasteiger partial charge in [-0.3, -0.25) is 9.59 Å². The molecular formula is C34H44F28N2O16Si2. The molecule has 0 heterocycles. The van der Waals surface area contributed by atoms with Crippen molar-refractivity contribution < 1.29 is 197 Å². The summed E-state index contributed by atoms with van der Waals surface area (Å²) >= 11 is 0. The average molecular weight is 1320 g/mol. The highest BCUT2D eigenvalue weighted by Crippen LogP contribution is 2.54. The molecule has 0 aliphatic rings. The Balaban J connectivity index is 6.15. The van der Waals surface area contributed by atoms with Gasteiger partial charge in [0, 0.05) is 64.8 Å². The highest BCUT2D eigenvalue weighted by Gasteiger charge is 2.80. The minimum atomic E-state index is -8.41. The number of ether oxygens (including phenoxy) is 8. The fraction of sp³-hybridized carbons (Fsp3) is 0.941. The first-order valence-corrected chi connectivity index (χ1v) is 25.7. The summed E-state index contributed by atoms with van der Waals surface area (Å²) in [5.41, 5.74) is 0. The maximum absolute atomic E-state index is 14.1. The quantitative estimate of drug-likeness (QED) is 0.0254. The molecule has 82 heavy (non-hydrogen) atoms. The van der Waals surface area contributed by atoms with E-state index in [0.29, 0.717) is 0 Å². The van der Waals surface area contributed by atoms with Crippen LogP contribution in [0.2, 0.25) is 12.1 Å². The summed E-state index contributed by atoms with van der Waals surface area (Å²) < 4.78 is 436. The maximum Gasteiger partial charge on any atom is 0.500 e. The second-order valence-corrected chi connectivity index (χ2v) is 20.1. The number of carbonyl (C=O) groups excluding carboxylic acids is 2. The minimum absolute atomic E-state index is 0.0555. The Bertz CT molecular complexity index is 1970. The lowest BCUT2D eigenvalue weighted by molar-refractivity contribution is -0.609. The highest BCUT2D eigenvalue weighted by molar-refractivity contribution is 6.61. The van der Waals surface area contributed by atoms with Crippen molar-refractivity contribution in [3.8, 4) is 0 Å². The lowest BCUT2D eigenvalue weighted by Crippen LogP contribution is -2.62. The van der Waals surface area contributed by atoms with Gasteiger partial charge in [0.2, 0.25) is 0 Å². The van der Waals surface area contributed by atoms with Gasteiger partial charge in [-0.1, -0.05) is 0 Å². The Labute approximate surface area is 442 Å². The largest absolute Gasteiger partial charge is 0.500 e. The van der Waals surface area contributed by atoms with Crippen LogP contribution in [0.1, 0.15) is 54.4 Å². The van der Waals surface area contributed by atoms with Crippen LogP contribution in [0.5, 0.6) is 0 Å². The van der Waals surface area contributed by atoms with Gasteiger partial charge in [-0.25, -0.2) is 37.9 Å². The zero-order valence-corrected chi connectivity index (χ0v) is 43.6. The molecule has 0 aromatic heterocycles. The minimum Gasteiger partial charge on any atom is -0.374 e. The van der Waals surface area contributed by atoms with E-state index in [-0.39, 0.29) is 51.7 Å². The van der Waals surface area contributed by atoms with Crippen LogP contribution >= 0.6 is 0 Å². The molecule has 0 atom stereocenters. The number of carbonyl (C=O) groups is 2. The standard InChI is InChI=1S/C34H44F28N2O16Si2/c1-7-67-81(68-8-2,69-9-3)17-13-15-63-19(65)21(35,36)73-23(39,40)24(41,42)75-25(43,44)26(45,46)76-27(47,48)28(49,50)77-29(51,52)30(53,54)78-31(55,56)32(57,58)79-34(61,62)80-33(59,60)74-22(37,38)20(66)64-16-14-18-82(70-10-4,71-11-5)72-12-6/h7-18H2,1-6H3,(H,63,65)(H,64,66). The van der Waals surface area contributed by atoms with Gasteiger partial charge < -0.3 is 37.2 Å². The van der Waals surface area contributed by atoms with Gasteiger partial charge in [-0.05, 0) is 54.4 Å². The summed E-state index contributed by atoms with van der Waals surface area (Å²) in [5.74, 6) is -6.18. The van der Waals surface area contributed by atoms with Crippen molar-refractivity contribution >= 4 is 29.4 Å². The zero-order chi connectivity index (χ0) is 65.0. The van der Waals surface area contributed by atoms with E-state index in [2.05, 4.69) is 9.47 Å². The van der Waals surface area contributed by atoms with Gasteiger partial charge in [-0.15, -0.1) is 17.6 Å². The molecule has 0 fully saturated rings. The number of alkyl halides is 28. The first-order valence-electron chi connectivity index (χ1n) is 21.8. The molecule has 0 rings (SSSR count). The number of halogens is 28. The van der Waals surface area contributed by atoms with Crippen molar-refractivity contribution in [1.29, 1.82) is 0 Å². The molecule has 0 bridgehead atoms. The highest BCUT2D eigenvalue weighted by atomic mass is 28.4. The zero-order valence-electron chi connectivity index (χ0n) is 41.6. The second-order valence-electron chi connectivity index (χ2n) is 14.6. The number of hydrogen-bond acceptors (Lipinski definition) is 16. The van der Waals surface area contributed by atoms with Crippen LogP contribution in [0.15, 0.2) is 0 Å². The van der Waals surface area contributed by atoms with Crippen molar-refractivity contribution in [3.63, 3.8) is 0 Å². The molecule has 0 saturated carbocycles. The van der Waals surface area contributed by atoms with E-state index < -0.39 is 141 Å². The SMILES string of the molecule is CCO[Si](CCCNC(=O)C(F)(F)OC(F)(F)OC(F)(F)OC(F)(F)C(F)(F)OC(F)(F)C(F)(F)OC(F)(F)C(F)(F)OC(F)(F)C(F)(F)OC(F)(F)C(F)(F)OC(F)(F)C(=O)NCCC[Si](OCC)(OCC)OCC)(OCC)OCC. The Hall–Kier alpha value is -3.15. The number of amides is 2. The Morgan fingerprint density at radius 3 is 0.720 bits per heavy atom. The van der Waals surface area contributed by atoms with E-state index in [1.807, 2.05) is 4.74 Å². The van der Waals surface area contributed by atoms with Gasteiger partial charge in [0.25, 0.3) is 0 Å². The van der Waals surface area contributed by atoms with Gasteiger partial charge >= 0.3 is 115 Å². The molecule has 48 heteroatoms. The first kappa shape index (κ1) is 78.9. The maximum atomic E-state index is 14.1. The predicted molar refractivity (Wildman–Crippen MR) is 204 cm³/mol. The molecule has 0 radical (unpaired) electrons. The summed E-state index contributed by atoms with van der Waals surface area (Å²) in [5, 5.41) is 2.26. The van der Waals surface area contributed by atoms with Crippen molar-refractivity contribution in [2.24, 2.45) is 0 Å². The molecule has 0 spiro atoms. The molecule has 0 aliphatic carbocycles. The third kappa shape index (κ3) is 22.0. The summed E-state index contributed by atoms with van der Waals surface area (Å²) in [7, 11) is -7.21. The third-order valence-corrected chi connectivity index (χ3v) is 14.6. The summed E-state index contributed by atoms with van der Waals surface area (Å²) in [4.78, 5) is 23.5. The molecule has 0 saturated heterocycles. The van der Waals surface area contributed by atoms with E-state index >= 15 is 0 Å². The van der Waals surface area contributed by atoms with E-state index in [4.69, 9.17) is 26.6 Å². The van der Waals surface area contributed by atoms with Gasteiger partial charge in [0.1, 0.15) is 0 Å². The smallest absolute Gasteiger partial charge is 0.374 e. The van der Waals surface area contributed by atoms with Crippen LogP contribution in [-0.4, -0.2) is 168 Å². The van der Waals surface area contributed by atoms with E-state index in [1.165, 1.54) is 65.8 Å². The molecule has 490 valence electrons. The van der Waals surface area contributed by atoms with Crippen molar-refractivity contribution in [2.45, 2.75) is 152 Å². The fourth-order valence-electron chi connectivity index (χ4n) is 5.19. The number of rotatable bonds is 43. The molecule has 0 unspecified atom stereocenters. The molecule has 2 N–H and O–H groups in total. The summed E-state index contributed by atoms with van der Waals surface area (Å²) in [6.07, 6.45) is -110. The second kappa shape index (κ2) is 28.6. The van der Waals surface area contributed by atoms with Crippen LogP contribution in [-0.2, 0) is 74.0 Å². The molecule has 0 aromatic carbocycles. The van der Waals surface area contributed by atoms with E-state index in [0.717, 1.165) is 5.32 Å². The Kier molecular flexibility index (Phi) is 27.5.